The molecule has 0 fully saturated rings. The number of aryl methyl sites for hydroxylation is 2. The second-order valence-electron chi connectivity index (χ2n) is 6.56. The molecule has 0 spiro atoms. The monoisotopic (exact) mass is 430 g/mol. The largest absolute Gasteiger partial charge is 0.505 e. The molecule has 0 aromatic heterocycles. The molecule has 0 saturated heterocycles. The minimum Gasteiger partial charge on any atom is -0.505 e. The Morgan fingerprint density at radius 3 is 1.48 bits per heavy atom. The first kappa shape index (κ1) is 21.9. The summed E-state index contributed by atoms with van der Waals surface area (Å²) in [5.41, 5.74) is 1.43. The lowest BCUT2D eigenvalue weighted by Gasteiger charge is -2.14. The van der Waals surface area contributed by atoms with Crippen molar-refractivity contribution in [3.05, 3.63) is 45.4 Å². The Morgan fingerprint density at radius 2 is 1.15 bits per heavy atom. The molecule has 2 N–H and O–H groups in total. The zero-order valence-corrected chi connectivity index (χ0v) is 17.8. The van der Waals surface area contributed by atoms with Crippen molar-refractivity contribution in [1.82, 2.24) is 0 Å². The molecular weight excluding hydrogens is 407 g/mol. The maximum Gasteiger partial charge on any atom is 0.214 e. The van der Waals surface area contributed by atoms with Gasteiger partial charge in [-0.25, -0.2) is 8.42 Å². The second-order valence-corrected chi connectivity index (χ2v) is 9.26. The highest BCUT2D eigenvalue weighted by atomic mass is 35.5. The molecule has 2 aromatic carbocycles. The third-order valence-electron chi connectivity index (χ3n) is 4.39. The van der Waals surface area contributed by atoms with E-state index >= 15 is 0 Å². The van der Waals surface area contributed by atoms with Gasteiger partial charge in [-0.1, -0.05) is 49.9 Å². The molecule has 0 radical (unpaired) electrons. The van der Waals surface area contributed by atoms with Crippen LogP contribution in [-0.4, -0.2) is 18.6 Å². The van der Waals surface area contributed by atoms with Gasteiger partial charge in [0.2, 0.25) is 9.84 Å². The SMILES string of the molecule is CCCCc1cc(Cl)c(O)c(S(=O)(=O)c2cc(CCCC)cc(Cl)c2O)c1. The normalized spacial score (nSPS) is 11.7. The van der Waals surface area contributed by atoms with Crippen molar-refractivity contribution in [3.8, 4) is 11.5 Å². The van der Waals surface area contributed by atoms with Gasteiger partial charge >= 0.3 is 0 Å². The van der Waals surface area contributed by atoms with Crippen LogP contribution in [-0.2, 0) is 22.7 Å². The average molecular weight is 431 g/mol. The van der Waals surface area contributed by atoms with Gasteiger partial charge in [-0.05, 0) is 61.1 Å². The van der Waals surface area contributed by atoms with Crippen LogP contribution in [0.2, 0.25) is 10.0 Å². The maximum absolute atomic E-state index is 13.2. The summed E-state index contributed by atoms with van der Waals surface area (Å²) in [6.07, 6.45) is 4.89. The van der Waals surface area contributed by atoms with Gasteiger partial charge in [0.15, 0.2) is 11.5 Å². The number of unbranched alkanes of at least 4 members (excludes halogenated alkanes) is 2. The number of hydrogen-bond donors (Lipinski definition) is 2. The molecule has 0 amide bonds. The fourth-order valence-electron chi connectivity index (χ4n) is 2.83. The van der Waals surface area contributed by atoms with E-state index in [4.69, 9.17) is 23.2 Å². The molecule has 0 heterocycles. The minimum absolute atomic E-state index is 0.0325. The Bertz CT molecular complexity index is 855. The van der Waals surface area contributed by atoms with Crippen molar-refractivity contribution < 1.29 is 18.6 Å². The maximum atomic E-state index is 13.2. The Labute approximate surface area is 170 Å². The predicted molar refractivity (Wildman–Crippen MR) is 109 cm³/mol. The van der Waals surface area contributed by atoms with Crippen molar-refractivity contribution >= 4 is 33.0 Å². The van der Waals surface area contributed by atoms with E-state index in [1.54, 1.807) is 12.1 Å². The molecule has 2 aromatic rings. The molecule has 7 heteroatoms. The number of hydrogen-bond acceptors (Lipinski definition) is 4. The number of phenolic OH excluding ortho intramolecular Hbond substituents is 2. The summed E-state index contributed by atoms with van der Waals surface area (Å²) in [4.78, 5) is -0.639. The number of aromatic hydroxyl groups is 2. The van der Waals surface area contributed by atoms with E-state index in [2.05, 4.69) is 0 Å². The summed E-state index contributed by atoms with van der Waals surface area (Å²) in [6.45, 7) is 4.06. The molecule has 148 valence electrons. The van der Waals surface area contributed by atoms with E-state index < -0.39 is 21.3 Å². The van der Waals surface area contributed by atoms with E-state index in [0.29, 0.717) is 24.0 Å². The lowest BCUT2D eigenvalue weighted by atomic mass is 10.1. The smallest absolute Gasteiger partial charge is 0.214 e. The van der Waals surface area contributed by atoms with E-state index in [1.807, 2.05) is 13.8 Å². The summed E-state index contributed by atoms with van der Waals surface area (Å²) in [6, 6.07) is 5.96. The van der Waals surface area contributed by atoms with Crippen molar-refractivity contribution in [2.45, 2.75) is 62.2 Å². The van der Waals surface area contributed by atoms with Gasteiger partial charge in [0.1, 0.15) is 9.79 Å². The van der Waals surface area contributed by atoms with Crippen LogP contribution < -0.4 is 0 Å². The van der Waals surface area contributed by atoms with Crippen LogP contribution in [0.1, 0.15) is 50.7 Å². The van der Waals surface area contributed by atoms with Gasteiger partial charge in [-0.2, -0.15) is 0 Å². The lowest BCUT2D eigenvalue weighted by Crippen LogP contribution is -2.05. The zero-order chi connectivity index (χ0) is 20.2. The Hall–Kier alpha value is -1.43. The summed E-state index contributed by atoms with van der Waals surface area (Å²) >= 11 is 12.1. The molecule has 0 aliphatic heterocycles. The van der Waals surface area contributed by atoms with Crippen LogP contribution >= 0.6 is 23.2 Å². The van der Waals surface area contributed by atoms with Crippen molar-refractivity contribution in [2.75, 3.05) is 0 Å². The number of phenols is 2. The first-order chi connectivity index (χ1) is 12.7. The van der Waals surface area contributed by atoms with Crippen LogP contribution in [0, 0.1) is 0 Å². The molecule has 0 atom stereocenters. The highest BCUT2D eigenvalue weighted by Crippen LogP contribution is 2.41. The van der Waals surface area contributed by atoms with Crippen molar-refractivity contribution in [2.24, 2.45) is 0 Å². The van der Waals surface area contributed by atoms with E-state index in [9.17, 15) is 18.6 Å². The van der Waals surface area contributed by atoms with Crippen LogP contribution in [0.5, 0.6) is 11.5 Å². The summed E-state index contributed by atoms with van der Waals surface area (Å²) < 4.78 is 26.4. The number of sulfone groups is 1. The molecule has 0 unspecified atom stereocenters. The Morgan fingerprint density at radius 1 is 0.778 bits per heavy atom. The fourth-order valence-corrected chi connectivity index (χ4v) is 5.01. The minimum atomic E-state index is -4.21. The van der Waals surface area contributed by atoms with E-state index in [-0.39, 0.29) is 19.8 Å². The number of rotatable bonds is 8. The van der Waals surface area contributed by atoms with Gasteiger partial charge < -0.3 is 10.2 Å². The van der Waals surface area contributed by atoms with Crippen LogP contribution in [0.15, 0.2) is 34.1 Å². The van der Waals surface area contributed by atoms with Crippen LogP contribution in [0.4, 0.5) is 0 Å². The predicted octanol–water partition coefficient (Wildman–Crippen LogP) is 5.92. The topological polar surface area (TPSA) is 74.6 Å². The van der Waals surface area contributed by atoms with Gasteiger partial charge in [-0.3, -0.25) is 0 Å². The molecule has 0 bridgehead atoms. The van der Waals surface area contributed by atoms with E-state index in [1.165, 1.54) is 12.1 Å². The molecule has 2 rings (SSSR count). The molecule has 4 nitrogen and oxygen atoms in total. The molecule has 0 aliphatic rings. The number of benzene rings is 2. The zero-order valence-electron chi connectivity index (χ0n) is 15.4. The third kappa shape index (κ3) is 4.89. The highest BCUT2D eigenvalue weighted by molar-refractivity contribution is 7.91. The van der Waals surface area contributed by atoms with Crippen molar-refractivity contribution in [3.63, 3.8) is 0 Å². The van der Waals surface area contributed by atoms with Crippen molar-refractivity contribution in [1.29, 1.82) is 0 Å². The quantitative estimate of drug-likeness (QED) is 0.544. The third-order valence-corrected chi connectivity index (χ3v) is 6.75. The summed E-state index contributed by atoms with van der Waals surface area (Å²) in [5, 5.41) is 20.5. The fraction of sp³-hybridized carbons (Fsp3) is 0.400. The highest BCUT2D eigenvalue weighted by Gasteiger charge is 2.28. The van der Waals surface area contributed by atoms with Gasteiger partial charge in [-0.15, -0.1) is 0 Å². The van der Waals surface area contributed by atoms with E-state index in [0.717, 1.165) is 25.7 Å². The molecule has 27 heavy (non-hydrogen) atoms. The summed E-state index contributed by atoms with van der Waals surface area (Å²) in [7, 11) is -4.21. The van der Waals surface area contributed by atoms with Gasteiger partial charge in [0.25, 0.3) is 0 Å². The van der Waals surface area contributed by atoms with Crippen LogP contribution in [0.3, 0.4) is 0 Å². The van der Waals surface area contributed by atoms with Gasteiger partial charge in [0.05, 0.1) is 10.0 Å². The molecule has 0 aliphatic carbocycles. The van der Waals surface area contributed by atoms with Crippen LogP contribution in [0.25, 0.3) is 0 Å². The Balaban J connectivity index is 2.62. The average Bonchev–Trinajstić information content (AvgIpc) is 2.62. The first-order valence-corrected chi connectivity index (χ1v) is 11.2. The summed E-state index contributed by atoms with van der Waals surface area (Å²) in [5.74, 6) is -1.04. The second kappa shape index (κ2) is 9.18. The molecule has 0 saturated carbocycles. The first-order valence-electron chi connectivity index (χ1n) is 9.00. The lowest BCUT2D eigenvalue weighted by molar-refractivity contribution is 0.452. The standard InChI is InChI=1S/C20H24Cl2O4S/c1-3-5-7-13-9-15(21)19(23)17(11-13)27(25,26)18-12-14(8-6-4-2)10-16(22)20(18)24/h9-12,23-24H,3-8H2,1-2H3. The molecular formula is C20H24Cl2O4S. The Kier molecular flexibility index (Phi) is 7.43. The van der Waals surface area contributed by atoms with Gasteiger partial charge in [0, 0.05) is 0 Å². The number of halogens is 2.